The predicted octanol–water partition coefficient (Wildman–Crippen LogP) is 2.44. The third kappa shape index (κ3) is 7.53. The molecule has 0 aliphatic carbocycles. The van der Waals surface area contributed by atoms with E-state index in [1.165, 1.54) is 11.8 Å². The van der Waals surface area contributed by atoms with Gasteiger partial charge in [0.25, 0.3) is 5.91 Å². The van der Waals surface area contributed by atoms with Crippen LogP contribution in [0.4, 0.5) is 0 Å². The van der Waals surface area contributed by atoms with Crippen molar-refractivity contribution < 1.29 is 14.4 Å². The molecular weight excluding hydrogens is 362 g/mol. The molecule has 3 amide bonds. The Morgan fingerprint density at radius 2 is 1.56 bits per heavy atom. The van der Waals surface area contributed by atoms with Crippen molar-refractivity contribution in [2.24, 2.45) is 0 Å². The Morgan fingerprint density at radius 3 is 2.22 bits per heavy atom. The van der Waals surface area contributed by atoms with Crippen LogP contribution in [0.5, 0.6) is 0 Å². The van der Waals surface area contributed by atoms with E-state index in [1.54, 1.807) is 31.2 Å². The number of hydrogen-bond acceptors (Lipinski definition) is 4. The van der Waals surface area contributed by atoms with Crippen molar-refractivity contribution in [1.82, 2.24) is 16.2 Å². The second kappa shape index (κ2) is 10.4. The second-order valence-electron chi connectivity index (χ2n) is 6.14. The highest BCUT2D eigenvalue weighted by atomic mass is 32.2. The molecule has 0 fully saturated rings. The monoisotopic (exact) mass is 385 g/mol. The first-order valence-corrected chi connectivity index (χ1v) is 9.55. The third-order valence-corrected chi connectivity index (χ3v) is 4.65. The summed E-state index contributed by atoms with van der Waals surface area (Å²) in [6.07, 6.45) is 0.0595. The molecule has 0 bridgehead atoms. The van der Waals surface area contributed by atoms with Crippen molar-refractivity contribution in [3.8, 4) is 0 Å². The maximum Gasteiger partial charge on any atom is 0.251 e. The van der Waals surface area contributed by atoms with E-state index in [9.17, 15) is 14.4 Å². The van der Waals surface area contributed by atoms with Gasteiger partial charge in [-0.15, -0.1) is 11.8 Å². The molecule has 3 N–H and O–H groups in total. The van der Waals surface area contributed by atoms with E-state index >= 15 is 0 Å². The average Bonchev–Trinajstić information content (AvgIpc) is 2.66. The summed E-state index contributed by atoms with van der Waals surface area (Å²) in [6, 6.07) is 16.3. The molecule has 0 heterocycles. The van der Waals surface area contributed by atoms with Crippen LogP contribution >= 0.6 is 11.8 Å². The molecule has 7 heteroatoms. The van der Waals surface area contributed by atoms with Crippen LogP contribution in [0, 0.1) is 6.92 Å². The van der Waals surface area contributed by atoms with Crippen LogP contribution in [0.2, 0.25) is 0 Å². The van der Waals surface area contributed by atoms with Gasteiger partial charge in [-0.25, -0.2) is 0 Å². The minimum absolute atomic E-state index is 0.0595. The number of hydrazine groups is 1. The fourth-order valence-corrected chi connectivity index (χ4v) is 2.93. The van der Waals surface area contributed by atoms with Crippen molar-refractivity contribution in [3.05, 3.63) is 65.7 Å². The van der Waals surface area contributed by atoms with E-state index in [-0.39, 0.29) is 35.9 Å². The van der Waals surface area contributed by atoms with Crippen molar-refractivity contribution in [1.29, 1.82) is 0 Å². The number of carbonyl (C=O) groups excluding carboxylic acids is 3. The molecule has 0 aromatic heterocycles. The van der Waals surface area contributed by atoms with Crippen LogP contribution in [0.25, 0.3) is 0 Å². The van der Waals surface area contributed by atoms with Crippen LogP contribution in [0.15, 0.2) is 59.5 Å². The Labute approximate surface area is 163 Å². The molecule has 27 heavy (non-hydrogen) atoms. The van der Waals surface area contributed by atoms with Gasteiger partial charge < -0.3 is 5.32 Å². The van der Waals surface area contributed by atoms with Crippen LogP contribution in [-0.4, -0.2) is 29.5 Å². The summed E-state index contributed by atoms with van der Waals surface area (Å²) in [7, 11) is 0. The van der Waals surface area contributed by atoms with Gasteiger partial charge in [0.1, 0.15) is 0 Å². The summed E-state index contributed by atoms with van der Waals surface area (Å²) in [6.45, 7) is 3.73. The van der Waals surface area contributed by atoms with Crippen LogP contribution in [0.3, 0.4) is 0 Å². The Balaban J connectivity index is 1.66. The maximum atomic E-state index is 12.0. The fraction of sp³-hybridized carbons (Fsp3) is 0.250. The van der Waals surface area contributed by atoms with E-state index in [2.05, 4.69) is 16.2 Å². The SMILES string of the molecule is Cc1ccc(SCC(=O)NNC(=O)C[C@H](C)NC(=O)c2ccccc2)cc1. The molecule has 2 rings (SSSR count). The Bertz CT molecular complexity index is 779. The van der Waals surface area contributed by atoms with Crippen LogP contribution < -0.4 is 16.2 Å². The molecule has 0 spiro atoms. The quantitative estimate of drug-likeness (QED) is 0.505. The van der Waals surface area contributed by atoms with Gasteiger partial charge in [-0.2, -0.15) is 0 Å². The summed E-state index contributed by atoms with van der Waals surface area (Å²) in [5, 5.41) is 2.75. The number of thioether (sulfide) groups is 1. The number of aryl methyl sites for hydroxylation is 1. The number of rotatable bonds is 7. The van der Waals surface area contributed by atoms with Crippen molar-refractivity contribution in [2.45, 2.75) is 31.2 Å². The van der Waals surface area contributed by atoms with Gasteiger partial charge in [-0.05, 0) is 38.1 Å². The molecule has 1 atom stereocenters. The lowest BCUT2D eigenvalue weighted by atomic mass is 10.2. The zero-order valence-corrected chi connectivity index (χ0v) is 16.1. The Hall–Kier alpha value is -2.80. The lowest BCUT2D eigenvalue weighted by molar-refractivity contribution is -0.127. The van der Waals surface area contributed by atoms with Gasteiger partial charge in [0.2, 0.25) is 11.8 Å². The van der Waals surface area contributed by atoms with E-state index in [0.29, 0.717) is 5.56 Å². The number of amides is 3. The second-order valence-corrected chi connectivity index (χ2v) is 7.19. The van der Waals surface area contributed by atoms with E-state index < -0.39 is 0 Å². The largest absolute Gasteiger partial charge is 0.349 e. The van der Waals surface area contributed by atoms with E-state index in [4.69, 9.17) is 0 Å². The lowest BCUT2D eigenvalue weighted by Crippen LogP contribution is -2.45. The highest BCUT2D eigenvalue weighted by Crippen LogP contribution is 2.17. The normalized spacial score (nSPS) is 11.3. The van der Waals surface area contributed by atoms with Gasteiger partial charge in [0.05, 0.1) is 5.75 Å². The first kappa shape index (κ1) is 20.5. The summed E-state index contributed by atoms with van der Waals surface area (Å²) >= 11 is 1.39. The predicted molar refractivity (Wildman–Crippen MR) is 106 cm³/mol. The van der Waals surface area contributed by atoms with Crippen molar-refractivity contribution in [3.63, 3.8) is 0 Å². The molecule has 0 radical (unpaired) electrons. The first-order valence-electron chi connectivity index (χ1n) is 8.57. The molecule has 2 aromatic carbocycles. The number of nitrogens with one attached hydrogen (secondary N) is 3. The first-order chi connectivity index (χ1) is 12.9. The zero-order valence-electron chi connectivity index (χ0n) is 15.3. The number of hydrogen-bond donors (Lipinski definition) is 3. The summed E-state index contributed by atoms with van der Waals surface area (Å²) < 4.78 is 0. The van der Waals surface area contributed by atoms with Crippen molar-refractivity contribution >= 4 is 29.5 Å². The van der Waals surface area contributed by atoms with Crippen LogP contribution in [0.1, 0.15) is 29.3 Å². The highest BCUT2D eigenvalue weighted by Gasteiger charge is 2.13. The van der Waals surface area contributed by atoms with E-state index in [0.717, 1.165) is 10.5 Å². The van der Waals surface area contributed by atoms with Gasteiger partial charge in [-0.1, -0.05) is 35.9 Å². The molecule has 0 unspecified atom stereocenters. The highest BCUT2D eigenvalue weighted by molar-refractivity contribution is 8.00. The molecule has 0 saturated heterocycles. The minimum atomic E-state index is -0.371. The Kier molecular flexibility index (Phi) is 7.88. The van der Waals surface area contributed by atoms with Gasteiger partial charge in [0.15, 0.2) is 0 Å². The maximum absolute atomic E-state index is 12.0. The average molecular weight is 385 g/mol. The third-order valence-electron chi connectivity index (χ3n) is 3.64. The molecule has 6 nitrogen and oxygen atoms in total. The standard InChI is InChI=1S/C20H23N3O3S/c1-14-8-10-17(11-9-14)27-13-19(25)23-22-18(24)12-15(2)21-20(26)16-6-4-3-5-7-16/h3-11,15H,12-13H2,1-2H3,(H,21,26)(H,22,24)(H,23,25)/t15-/m0/s1. The topological polar surface area (TPSA) is 87.3 Å². The summed E-state index contributed by atoms with van der Waals surface area (Å²) in [4.78, 5) is 36.7. The van der Waals surface area contributed by atoms with E-state index in [1.807, 2.05) is 37.3 Å². The Morgan fingerprint density at radius 1 is 0.926 bits per heavy atom. The number of benzene rings is 2. The fourth-order valence-electron chi connectivity index (χ4n) is 2.24. The molecule has 0 saturated carbocycles. The molecule has 0 aliphatic rings. The summed E-state index contributed by atoms with van der Waals surface area (Å²) in [5.74, 6) is -0.710. The lowest BCUT2D eigenvalue weighted by Gasteiger charge is -2.14. The van der Waals surface area contributed by atoms with Crippen molar-refractivity contribution in [2.75, 3.05) is 5.75 Å². The zero-order chi connectivity index (χ0) is 19.6. The number of carbonyl (C=O) groups is 3. The van der Waals surface area contributed by atoms with Gasteiger partial charge in [-0.3, -0.25) is 25.2 Å². The van der Waals surface area contributed by atoms with Gasteiger partial charge >= 0.3 is 0 Å². The molecule has 0 aliphatic heterocycles. The summed E-state index contributed by atoms with van der Waals surface area (Å²) in [5.41, 5.74) is 6.44. The van der Waals surface area contributed by atoms with Crippen LogP contribution in [-0.2, 0) is 9.59 Å². The molecular formula is C20H23N3O3S. The van der Waals surface area contributed by atoms with Gasteiger partial charge in [0, 0.05) is 22.9 Å². The molecule has 142 valence electrons. The minimum Gasteiger partial charge on any atom is -0.349 e. The smallest absolute Gasteiger partial charge is 0.251 e. The molecule has 2 aromatic rings.